The highest BCUT2D eigenvalue weighted by Crippen LogP contribution is 2.21. The lowest BCUT2D eigenvalue weighted by Gasteiger charge is -2.09. The fraction of sp³-hybridized carbons (Fsp3) is 0.353. The van der Waals surface area contributed by atoms with Crippen molar-refractivity contribution >= 4 is 28.5 Å². The Morgan fingerprint density at radius 2 is 1.91 bits per heavy atom. The molecule has 0 fully saturated rings. The number of aromatic nitrogens is 1. The number of fused-ring (bicyclic) bond motifs is 1. The van der Waals surface area contributed by atoms with E-state index < -0.39 is 5.97 Å². The molecule has 0 spiro atoms. The van der Waals surface area contributed by atoms with Gasteiger partial charge in [-0.05, 0) is 38.5 Å². The molecule has 2 N–H and O–H groups in total. The summed E-state index contributed by atoms with van der Waals surface area (Å²) in [5, 5.41) is 3.65. The number of hydrogen-bond donors (Lipinski definition) is 2. The first-order chi connectivity index (χ1) is 10.9. The molecule has 6 nitrogen and oxygen atoms in total. The highest BCUT2D eigenvalue weighted by atomic mass is 16.5. The maximum absolute atomic E-state index is 11.9. The van der Waals surface area contributed by atoms with E-state index in [1.807, 2.05) is 13.0 Å². The van der Waals surface area contributed by atoms with Gasteiger partial charge in [-0.1, -0.05) is 6.07 Å². The van der Waals surface area contributed by atoms with Crippen LogP contribution in [0.5, 0.6) is 0 Å². The minimum atomic E-state index is -0.392. The number of aromatic amines is 1. The molecule has 0 bridgehead atoms. The first kappa shape index (κ1) is 16.7. The van der Waals surface area contributed by atoms with E-state index >= 15 is 0 Å². The number of pyridine rings is 1. The Kier molecular flexibility index (Phi) is 5.16. The molecule has 0 aliphatic rings. The number of esters is 1. The maximum Gasteiger partial charge on any atom is 0.306 e. The second-order valence-corrected chi connectivity index (χ2v) is 5.32. The normalized spacial score (nSPS) is 10.6. The highest BCUT2D eigenvalue weighted by Gasteiger charge is 2.09. The molecule has 1 aromatic carbocycles. The lowest BCUT2D eigenvalue weighted by atomic mass is 10.1. The Morgan fingerprint density at radius 1 is 1.17 bits per heavy atom. The summed E-state index contributed by atoms with van der Waals surface area (Å²) >= 11 is 0. The molecule has 0 unspecified atom stereocenters. The van der Waals surface area contributed by atoms with Gasteiger partial charge >= 0.3 is 5.97 Å². The van der Waals surface area contributed by atoms with Crippen LogP contribution in [0.2, 0.25) is 0 Å². The second kappa shape index (κ2) is 7.09. The summed E-state index contributed by atoms with van der Waals surface area (Å²) in [6.45, 7) is 5.69. The molecule has 122 valence electrons. The Bertz CT molecular complexity index is 808. The number of nitrogens with one attached hydrogen (secondary N) is 2. The number of aryl methyl sites for hydroxylation is 1. The Hall–Kier alpha value is -2.63. The number of rotatable bonds is 5. The van der Waals surface area contributed by atoms with Gasteiger partial charge in [-0.2, -0.15) is 0 Å². The van der Waals surface area contributed by atoms with Gasteiger partial charge in [-0.15, -0.1) is 0 Å². The molecule has 0 aliphatic heterocycles. The van der Waals surface area contributed by atoms with Crippen molar-refractivity contribution < 1.29 is 14.3 Å². The number of hydrogen-bond acceptors (Lipinski definition) is 4. The number of amides is 1. The van der Waals surface area contributed by atoms with Gasteiger partial charge in [-0.3, -0.25) is 14.4 Å². The number of carbonyl (C=O) groups excluding carboxylic acids is 2. The zero-order chi connectivity index (χ0) is 17.0. The summed E-state index contributed by atoms with van der Waals surface area (Å²) in [7, 11) is 0. The van der Waals surface area contributed by atoms with E-state index in [1.54, 1.807) is 26.0 Å². The molecule has 0 radical (unpaired) electrons. The van der Waals surface area contributed by atoms with Crippen LogP contribution in [0.1, 0.15) is 30.9 Å². The molecule has 1 heterocycles. The van der Waals surface area contributed by atoms with Crippen LogP contribution in [0.3, 0.4) is 0 Å². The van der Waals surface area contributed by atoms with E-state index in [9.17, 15) is 14.4 Å². The number of benzene rings is 1. The fourth-order valence-corrected chi connectivity index (χ4v) is 2.31. The predicted molar refractivity (Wildman–Crippen MR) is 88.5 cm³/mol. The molecule has 0 aliphatic carbocycles. The average Bonchev–Trinajstić information content (AvgIpc) is 2.51. The SMILES string of the molecule is CCOC(=O)CCC(=O)Nc1ccc2c(C)c(C)c(=O)[nH]c2c1. The Morgan fingerprint density at radius 3 is 2.61 bits per heavy atom. The van der Waals surface area contributed by atoms with Crippen molar-refractivity contribution in [2.24, 2.45) is 0 Å². The van der Waals surface area contributed by atoms with E-state index in [-0.39, 0.29) is 24.3 Å². The molecule has 1 amide bonds. The zero-order valence-electron chi connectivity index (χ0n) is 13.5. The van der Waals surface area contributed by atoms with Crippen molar-refractivity contribution in [2.75, 3.05) is 11.9 Å². The monoisotopic (exact) mass is 316 g/mol. The molecule has 0 saturated heterocycles. The van der Waals surface area contributed by atoms with E-state index in [0.29, 0.717) is 23.4 Å². The van der Waals surface area contributed by atoms with Gasteiger partial charge in [0.25, 0.3) is 5.56 Å². The first-order valence-electron chi connectivity index (χ1n) is 7.51. The molecule has 6 heteroatoms. The van der Waals surface area contributed by atoms with Gasteiger partial charge in [0, 0.05) is 23.1 Å². The molecule has 2 rings (SSSR count). The summed E-state index contributed by atoms with van der Waals surface area (Å²) in [4.78, 5) is 37.7. The lowest BCUT2D eigenvalue weighted by Crippen LogP contribution is -2.15. The van der Waals surface area contributed by atoms with Crippen molar-refractivity contribution in [1.29, 1.82) is 0 Å². The van der Waals surface area contributed by atoms with Crippen LogP contribution < -0.4 is 10.9 Å². The minimum Gasteiger partial charge on any atom is -0.466 e. The second-order valence-electron chi connectivity index (χ2n) is 5.32. The fourth-order valence-electron chi connectivity index (χ4n) is 2.31. The molecule has 0 saturated carbocycles. The Labute approximate surface area is 133 Å². The summed E-state index contributed by atoms with van der Waals surface area (Å²) in [6, 6.07) is 5.34. The predicted octanol–water partition coefficient (Wildman–Crippen LogP) is 2.43. The molecule has 2 aromatic rings. The standard InChI is InChI=1S/C17H20N2O4/c1-4-23-16(21)8-7-15(20)18-12-5-6-13-10(2)11(3)17(22)19-14(13)9-12/h5-6,9H,4,7-8H2,1-3H3,(H,18,20)(H,19,22). The minimum absolute atomic E-state index is 0.0440. The van der Waals surface area contributed by atoms with Crippen LogP contribution in [0.15, 0.2) is 23.0 Å². The van der Waals surface area contributed by atoms with Crippen molar-refractivity contribution in [3.05, 3.63) is 39.7 Å². The number of ether oxygens (including phenoxy) is 1. The number of anilines is 1. The molecular weight excluding hydrogens is 296 g/mol. The van der Waals surface area contributed by atoms with Gasteiger partial charge in [0.05, 0.1) is 18.5 Å². The molecule has 1 aromatic heterocycles. The molecular formula is C17H20N2O4. The average molecular weight is 316 g/mol. The first-order valence-corrected chi connectivity index (χ1v) is 7.51. The molecule has 0 atom stereocenters. The number of carbonyl (C=O) groups is 2. The largest absolute Gasteiger partial charge is 0.466 e. The third-order valence-corrected chi connectivity index (χ3v) is 3.72. The van der Waals surface area contributed by atoms with Gasteiger partial charge in [0.15, 0.2) is 0 Å². The van der Waals surface area contributed by atoms with Gasteiger partial charge in [0.2, 0.25) is 5.91 Å². The van der Waals surface area contributed by atoms with E-state index in [4.69, 9.17) is 4.74 Å². The van der Waals surface area contributed by atoms with Crippen molar-refractivity contribution in [2.45, 2.75) is 33.6 Å². The Balaban J connectivity index is 2.12. The third-order valence-electron chi connectivity index (χ3n) is 3.72. The van der Waals surface area contributed by atoms with E-state index in [1.165, 1.54) is 0 Å². The summed E-state index contributed by atoms with van der Waals surface area (Å²) in [6.07, 6.45) is 0.0999. The van der Waals surface area contributed by atoms with Gasteiger partial charge in [0.1, 0.15) is 0 Å². The zero-order valence-corrected chi connectivity index (χ0v) is 13.5. The summed E-state index contributed by atoms with van der Waals surface area (Å²) in [5.74, 6) is -0.667. The van der Waals surface area contributed by atoms with Crippen LogP contribution >= 0.6 is 0 Å². The topological polar surface area (TPSA) is 88.3 Å². The van der Waals surface area contributed by atoms with Crippen LogP contribution in [0.4, 0.5) is 5.69 Å². The number of H-pyrrole nitrogens is 1. The highest BCUT2D eigenvalue weighted by molar-refractivity contribution is 5.95. The summed E-state index contributed by atoms with van der Waals surface area (Å²) < 4.78 is 4.78. The maximum atomic E-state index is 11.9. The molecule has 23 heavy (non-hydrogen) atoms. The van der Waals surface area contributed by atoms with Gasteiger partial charge < -0.3 is 15.0 Å². The van der Waals surface area contributed by atoms with E-state index in [0.717, 1.165) is 10.9 Å². The van der Waals surface area contributed by atoms with Crippen molar-refractivity contribution in [1.82, 2.24) is 4.98 Å². The van der Waals surface area contributed by atoms with Gasteiger partial charge in [-0.25, -0.2) is 0 Å². The van der Waals surface area contributed by atoms with Crippen LogP contribution in [-0.4, -0.2) is 23.5 Å². The van der Waals surface area contributed by atoms with Crippen LogP contribution in [0.25, 0.3) is 10.9 Å². The van der Waals surface area contributed by atoms with E-state index in [2.05, 4.69) is 10.3 Å². The van der Waals surface area contributed by atoms with Crippen LogP contribution in [-0.2, 0) is 14.3 Å². The third kappa shape index (κ3) is 3.97. The smallest absolute Gasteiger partial charge is 0.306 e. The van der Waals surface area contributed by atoms with Crippen molar-refractivity contribution in [3.8, 4) is 0 Å². The quantitative estimate of drug-likeness (QED) is 0.829. The summed E-state index contributed by atoms with van der Waals surface area (Å²) in [5.41, 5.74) is 2.71. The van der Waals surface area contributed by atoms with Crippen LogP contribution in [0, 0.1) is 13.8 Å². The van der Waals surface area contributed by atoms with Crippen molar-refractivity contribution in [3.63, 3.8) is 0 Å². The lowest BCUT2D eigenvalue weighted by molar-refractivity contribution is -0.144.